The first kappa shape index (κ1) is 21.2. The Kier molecular flexibility index (Phi) is 6.29. The van der Waals surface area contributed by atoms with Crippen molar-refractivity contribution in [1.82, 2.24) is 9.78 Å². The molecule has 6 nitrogen and oxygen atoms in total. The minimum atomic E-state index is -4.57. The summed E-state index contributed by atoms with van der Waals surface area (Å²) < 4.78 is 51.7. The van der Waals surface area contributed by atoms with Gasteiger partial charge in [0.1, 0.15) is 11.5 Å². The topological polar surface area (TPSA) is 79.4 Å². The molecule has 3 aromatic rings. The molecule has 0 spiro atoms. The molecule has 0 atom stereocenters. The lowest BCUT2D eigenvalue weighted by molar-refractivity contribution is -0.141. The van der Waals surface area contributed by atoms with Crippen LogP contribution in [0, 0.1) is 0 Å². The zero-order valence-electron chi connectivity index (χ0n) is 16.1. The Morgan fingerprint density at radius 1 is 1.07 bits per heavy atom. The van der Waals surface area contributed by atoms with Crippen LogP contribution in [-0.4, -0.2) is 29.4 Å². The number of halogens is 3. The Morgan fingerprint density at radius 2 is 1.70 bits per heavy atom. The highest BCUT2D eigenvalue weighted by atomic mass is 19.4. The Labute approximate surface area is 171 Å². The van der Waals surface area contributed by atoms with Gasteiger partial charge in [0.15, 0.2) is 5.69 Å². The Morgan fingerprint density at radius 3 is 2.27 bits per heavy atom. The third-order valence-electron chi connectivity index (χ3n) is 4.30. The molecule has 1 aromatic heterocycles. The van der Waals surface area contributed by atoms with Crippen molar-refractivity contribution in [2.75, 3.05) is 13.7 Å². The number of rotatable bonds is 8. The van der Waals surface area contributed by atoms with Crippen LogP contribution < -0.4 is 15.2 Å². The molecule has 0 radical (unpaired) electrons. The van der Waals surface area contributed by atoms with Crippen LogP contribution in [0.5, 0.6) is 11.5 Å². The molecule has 0 aliphatic rings. The molecule has 2 N–H and O–H groups in total. The van der Waals surface area contributed by atoms with E-state index < -0.39 is 17.8 Å². The predicted molar refractivity (Wildman–Crippen MR) is 104 cm³/mol. The fourth-order valence-electron chi connectivity index (χ4n) is 2.80. The normalized spacial score (nSPS) is 11.3. The van der Waals surface area contributed by atoms with Gasteiger partial charge in [0.2, 0.25) is 5.91 Å². The van der Waals surface area contributed by atoms with E-state index in [9.17, 15) is 18.0 Å². The van der Waals surface area contributed by atoms with Crippen LogP contribution in [0.25, 0.3) is 16.9 Å². The second-order valence-electron chi connectivity index (χ2n) is 6.47. The molecule has 0 saturated carbocycles. The van der Waals surface area contributed by atoms with Crippen LogP contribution in [0.3, 0.4) is 0 Å². The number of nitrogens with two attached hydrogens (primary N) is 1. The van der Waals surface area contributed by atoms with Gasteiger partial charge in [-0.1, -0.05) is 0 Å². The second kappa shape index (κ2) is 8.89. The lowest BCUT2D eigenvalue weighted by Gasteiger charge is -2.10. The molecule has 0 saturated heterocycles. The molecule has 0 fully saturated rings. The number of amides is 1. The first-order valence-electron chi connectivity index (χ1n) is 9.11. The smallest absolute Gasteiger partial charge is 0.435 e. The van der Waals surface area contributed by atoms with Gasteiger partial charge >= 0.3 is 6.18 Å². The number of hydrogen-bond donors (Lipinski definition) is 1. The molecule has 0 bridgehead atoms. The first-order valence-corrected chi connectivity index (χ1v) is 9.11. The van der Waals surface area contributed by atoms with E-state index in [-0.39, 0.29) is 12.1 Å². The summed E-state index contributed by atoms with van der Waals surface area (Å²) in [6.07, 6.45) is -3.87. The number of carbonyl (C=O) groups is 1. The molecule has 2 aromatic carbocycles. The van der Waals surface area contributed by atoms with Crippen molar-refractivity contribution < 1.29 is 27.4 Å². The number of nitrogens with zero attached hydrogens (tertiary/aromatic N) is 2. The van der Waals surface area contributed by atoms with Crippen molar-refractivity contribution >= 4 is 5.91 Å². The van der Waals surface area contributed by atoms with E-state index in [0.717, 1.165) is 6.07 Å². The summed E-state index contributed by atoms with van der Waals surface area (Å²) in [5.74, 6) is 0.720. The summed E-state index contributed by atoms with van der Waals surface area (Å²) in [4.78, 5) is 10.7. The minimum Gasteiger partial charge on any atom is -0.497 e. The Balaban J connectivity index is 1.88. The van der Waals surface area contributed by atoms with Crippen LogP contribution in [0.1, 0.15) is 18.5 Å². The number of benzene rings is 2. The van der Waals surface area contributed by atoms with Crippen molar-refractivity contribution in [1.29, 1.82) is 0 Å². The van der Waals surface area contributed by atoms with Crippen molar-refractivity contribution in [3.05, 3.63) is 60.3 Å². The fourth-order valence-corrected chi connectivity index (χ4v) is 2.80. The van der Waals surface area contributed by atoms with Crippen molar-refractivity contribution in [2.24, 2.45) is 5.73 Å². The number of ether oxygens (including phenoxy) is 2. The summed E-state index contributed by atoms with van der Waals surface area (Å²) >= 11 is 0. The molecule has 3 rings (SSSR count). The predicted octanol–water partition coefficient (Wildman–Crippen LogP) is 4.21. The van der Waals surface area contributed by atoms with E-state index in [1.807, 2.05) is 0 Å². The number of hydrogen-bond acceptors (Lipinski definition) is 4. The van der Waals surface area contributed by atoms with Crippen LogP contribution in [-0.2, 0) is 11.0 Å². The van der Waals surface area contributed by atoms with Gasteiger partial charge in [-0.2, -0.15) is 18.3 Å². The second-order valence-corrected chi connectivity index (χ2v) is 6.47. The molecule has 0 aliphatic carbocycles. The molecule has 30 heavy (non-hydrogen) atoms. The SMILES string of the molecule is COc1ccc(-n2nc(C(F)(F)F)cc2-c2ccc(OCCCC(N)=O)cc2)cc1. The number of aromatic nitrogens is 2. The lowest BCUT2D eigenvalue weighted by atomic mass is 10.1. The van der Waals surface area contributed by atoms with E-state index in [4.69, 9.17) is 15.2 Å². The van der Waals surface area contributed by atoms with Crippen molar-refractivity contribution in [3.63, 3.8) is 0 Å². The molecule has 1 heterocycles. The quantitative estimate of drug-likeness (QED) is 0.555. The van der Waals surface area contributed by atoms with Gasteiger partial charge in [-0.05, 0) is 61.0 Å². The highest BCUT2D eigenvalue weighted by Gasteiger charge is 2.35. The molecular weight excluding hydrogens is 399 g/mol. The third-order valence-corrected chi connectivity index (χ3v) is 4.30. The number of methoxy groups -OCH3 is 1. The Hall–Kier alpha value is -3.49. The monoisotopic (exact) mass is 419 g/mol. The van der Waals surface area contributed by atoms with Gasteiger partial charge in [0.05, 0.1) is 25.1 Å². The van der Waals surface area contributed by atoms with E-state index >= 15 is 0 Å². The summed E-state index contributed by atoms with van der Waals surface area (Å²) in [7, 11) is 1.51. The third kappa shape index (κ3) is 5.11. The zero-order chi connectivity index (χ0) is 21.7. The van der Waals surface area contributed by atoms with Gasteiger partial charge in [-0.3, -0.25) is 4.79 Å². The number of primary amides is 1. The van der Waals surface area contributed by atoms with Crippen LogP contribution in [0.15, 0.2) is 54.6 Å². The maximum atomic E-state index is 13.3. The van der Waals surface area contributed by atoms with E-state index in [0.29, 0.717) is 35.8 Å². The maximum absolute atomic E-state index is 13.3. The van der Waals surface area contributed by atoms with Gasteiger partial charge in [0, 0.05) is 12.0 Å². The molecule has 0 unspecified atom stereocenters. The maximum Gasteiger partial charge on any atom is 0.435 e. The number of carbonyl (C=O) groups excluding carboxylic acids is 1. The summed E-state index contributed by atoms with van der Waals surface area (Å²) in [5, 5.41) is 3.76. The highest BCUT2D eigenvalue weighted by Crippen LogP contribution is 2.34. The molecule has 0 aliphatic heterocycles. The van der Waals surface area contributed by atoms with E-state index in [1.54, 1.807) is 48.5 Å². The van der Waals surface area contributed by atoms with E-state index in [2.05, 4.69) is 5.10 Å². The minimum absolute atomic E-state index is 0.222. The average Bonchev–Trinajstić information content (AvgIpc) is 3.17. The van der Waals surface area contributed by atoms with Gasteiger partial charge in [0.25, 0.3) is 0 Å². The van der Waals surface area contributed by atoms with Gasteiger partial charge in [-0.25, -0.2) is 4.68 Å². The number of alkyl halides is 3. The standard InChI is InChI=1S/C21H20F3N3O3/c1-29-16-10-6-15(7-11-16)27-18(13-19(26-27)21(22,23)24)14-4-8-17(9-5-14)30-12-2-3-20(25)28/h4-11,13H,2-3,12H2,1H3,(H2,25,28). The highest BCUT2D eigenvalue weighted by molar-refractivity contribution is 5.73. The molecule has 9 heteroatoms. The van der Waals surface area contributed by atoms with Crippen LogP contribution >= 0.6 is 0 Å². The van der Waals surface area contributed by atoms with E-state index in [1.165, 1.54) is 11.8 Å². The molecule has 158 valence electrons. The van der Waals surface area contributed by atoms with Crippen LogP contribution in [0.2, 0.25) is 0 Å². The first-order chi connectivity index (χ1) is 14.3. The van der Waals surface area contributed by atoms with Crippen molar-refractivity contribution in [3.8, 4) is 28.4 Å². The lowest BCUT2D eigenvalue weighted by Crippen LogP contribution is -2.11. The summed E-state index contributed by atoms with van der Waals surface area (Å²) in [6, 6.07) is 14.2. The van der Waals surface area contributed by atoms with Gasteiger partial charge in [-0.15, -0.1) is 0 Å². The van der Waals surface area contributed by atoms with Gasteiger partial charge < -0.3 is 15.2 Å². The molecular formula is C21H20F3N3O3. The zero-order valence-corrected chi connectivity index (χ0v) is 16.1. The summed E-state index contributed by atoms with van der Waals surface area (Å²) in [6.45, 7) is 0.310. The fraction of sp³-hybridized carbons (Fsp3) is 0.238. The van der Waals surface area contributed by atoms with Crippen LogP contribution in [0.4, 0.5) is 13.2 Å². The molecule has 1 amide bonds. The summed E-state index contributed by atoms with van der Waals surface area (Å²) in [5.41, 5.74) is 5.38. The Bertz CT molecular complexity index is 997. The van der Waals surface area contributed by atoms with Crippen molar-refractivity contribution in [2.45, 2.75) is 19.0 Å². The largest absolute Gasteiger partial charge is 0.497 e. The average molecular weight is 419 g/mol.